The minimum absolute atomic E-state index is 0.0417. The molecule has 0 fully saturated rings. The number of carbonyl (C=O) groups is 1. The van der Waals surface area contributed by atoms with Crippen molar-refractivity contribution in [3.63, 3.8) is 0 Å². The Morgan fingerprint density at radius 2 is 2.36 bits per heavy atom. The molecule has 1 aromatic heterocycles. The van der Waals surface area contributed by atoms with Crippen LogP contribution in [0, 0.1) is 0 Å². The maximum atomic E-state index is 11.9. The molecule has 14 heavy (non-hydrogen) atoms. The zero-order valence-corrected chi connectivity index (χ0v) is 9.95. The highest BCUT2D eigenvalue weighted by Gasteiger charge is 2.28. The number of fused-ring (bicyclic) bond motifs is 1. The van der Waals surface area contributed by atoms with Gasteiger partial charge < -0.3 is 4.90 Å². The normalized spacial score (nSPS) is 20.3. The molecule has 1 aliphatic rings. The zero-order chi connectivity index (χ0) is 10.1. The highest BCUT2D eigenvalue weighted by atomic mass is 32.2. The maximum Gasteiger partial charge on any atom is 0.239 e. The highest BCUT2D eigenvalue weighted by molar-refractivity contribution is 8.00. The summed E-state index contributed by atoms with van der Waals surface area (Å²) in [5.41, 5.74) is 1.24. The number of thioether (sulfide) groups is 1. The summed E-state index contributed by atoms with van der Waals surface area (Å²) in [6, 6.07) is 2.10. The van der Waals surface area contributed by atoms with E-state index in [1.54, 1.807) is 28.0 Å². The zero-order valence-electron chi connectivity index (χ0n) is 8.32. The highest BCUT2D eigenvalue weighted by Crippen LogP contribution is 2.39. The van der Waals surface area contributed by atoms with Gasteiger partial charge in [0.25, 0.3) is 0 Å². The van der Waals surface area contributed by atoms with Crippen LogP contribution in [-0.4, -0.2) is 30.7 Å². The van der Waals surface area contributed by atoms with Crippen LogP contribution in [0.2, 0.25) is 0 Å². The SMILES string of the molecule is CN(C)C(=O)[C@@H]1SCCc2sccc21. The molecule has 1 aromatic rings. The van der Waals surface area contributed by atoms with E-state index in [1.807, 2.05) is 14.1 Å². The minimum Gasteiger partial charge on any atom is -0.348 e. The number of amides is 1. The number of likely N-dealkylation sites (N-methyl/N-ethyl adjacent to an activating group) is 1. The lowest BCUT2D eigenvalue weighted by molar-refractivity contribution is -0.128. The molecule has 1 aliphatic heterocycles. The number of nitrogens with zero attached hydrogens (tertiary/aromatic N) is 1. The third kappa shape index (κ3) is 1.68. The summed E-state index contributed by atoms with van der Waals surface area (Å²) in [4.78, 5) is 14.9. The van der Waals surface area contributed by atoms with Crippen molar-refractivity contribution in [2.24, 2.45) is 0 Å². The van der Waals surface area contributed by atoms with Crippen molar-refractivity contribution in [2.75, 3.05) is 19.8 Å². The van der Waals surface area contributed by atoms with Gasteiger partial charge in [-0.1, -0.05) is 0 Å². The standard InChI is InChI=1S/C10H13NOS2/c1-11(2)10(12)9-7-3-5-13-8(7)4-6-14-9/h3,5,9H,4,6H2,1-2H3/t9-/m1/s1. The molecule has 1 amide bonds. The van der Waals surface area contributed by atoms with Gasteiger partial charge in [0.2, 0.25) is 5.91 Å². The Morgan fingerprint density at radius 1 is 1.57 bits per heavy atom. The van der Waals surface area contributed by atoms with Crippen molar-refractivity contribution in [2.45, 2.75) is 11.7 Å². The number of hydrogen-bond acceptors (Lipinski definition) is 3. The van der Waals surface area contributed by atoms with Crippen molar-refractivity contribution in [1.82, 2.24) is 4.90 Å². The first kappa shape index (κ1) is 10.1. The van der Waals surface area contributed by atoms with E-state index in [4.69, 9.17) is 0 Å². The molecule has 1 atom stereocenters. The van der Waals surface area contributed by atoms with Crippen LogP contribution < -0.4 is 0 Å². The molecule has 76 valence electrons. The maximum absolute atomic E-state index is 11.9. The van der Waals surface area contributed by atoms with Crippen molar-refractivity contribution in [1.29, 1.82) is 0 Å². The summed E-state index contributed by atoms with van der Waals surface area (Å²) in [5.74, 6) is 1.28. The van der Waals surface area contributed by atoms with Gasteiger partial charge in [0.15, 0.2) is 0 Å². The summed E-state index contributed by atoms with van der Waals surface area (Å²) in [6.45, 7) is 0. The van der Waals surface area contributed by atoms with Crippen molar-refractivity contribution >= 4 is 29.0 Å². The fourth-order valence-electron chi connectivity index (χ4n) is 1.59. The van der Waals surface area contributed by atoms with Crippen LogP contribution in [0.1, 0.15) is 15.7 Å². The van der Waals surface area contributed by atoms with Crippen molar-refractivity contribution in [3.8, 4) is 0 Å². The largest absolute Gasteiger partial charge is 0.348 e. The number of rotatable bonds is 1. The molecule has 2 nitrogen and oxygen atoms in total. The van der Waals surface area contributed by atoms with Gasteiger partial charge in [-0.2, -0.15) is 0 Å². The first-order chi connectivity index (χ1) is 6.70. The van der Waals surface area contributed by atoms with Crippen LogP contribution in [0.25, 0.3) is 0 Å². The molecule has 4 heteroatoms. The van der Waals surface area contributed by atoms with E-state index in [0.29, 0.717) is 0 Å². The van der Waals surface area contributed by atoms with Crippen LogP contribution in [-0.2, 0) is 11.2 Å². The summed E-state index contributed by atoms with van der Waals surface area (Å²) in [7, 11) is 3.65. The molecule has 2 heterocycles. The van der Waals surface area contributed by atoms with E-state index in [2.05, 4.69) is 11.4 Å². The fraction of sp³-hybridized carbons (Fsp3) is 0.500. The quantitative estimate of drug-likeness (QED) is 0.733. The molecule has 0 unspecified atom stereocenters. The van der Waals surface area contributed by atoms with Crippen LogP contribution in [0.5, 0.6) is 0 Å². The first-order valence-electron chi connectivity index (χ1n) is 4.59. The van der Waals surface area contributed by atoms with E-state index >= 15 is 0 Å². The summed E-state index contributed by atoms with van der Waals surface area (Å²) in [5, 5.41) is 2.13. The lowest BCUT2D eigenvalue weighted by Crippen LogP contribution is -2.28. The van der Waals surface area contributed by atoms with Gasteiger partial charge >= 0.3 is 0 Å². The van der Waals surface area contributed by atoms with Gasteiger partial charge in [0.05, 0.1) is 0 Å². The molecule has 0 saturated carbocycles. The predicted molar refractivity (Wildman–Crippen MR) is 61.9 cm³/mol. The lowest BCUT2D eigenvalue weighted by atomic mass is 10.1. The lowest BCUT2D eigenvalue weighted by Gasteiger charge is -2.24. The van der Waals surface area contributed by atoms with E-state index < -0.39 is 0 Å². The smallest absolute Gasteiger partial charge is 0.239 e. The molecule has 0 spiro atoms. The number of aryl methyl sites for hydroxylation is 1. The average Bonchev–Trinajstić information content (AvgIpc) is 2.63. The van der Waals surface area contributed by atoms with Crippen LogP contribution >= 0.6 is 23.1 Å². The van der Waals surface area contributed by atoms with Gasteiger partial charge in [-0.25, -0.2) is 0 Å². The molecule has 0 bridgehead atoms. The third-order valence-corrected chi connectivity index (χ3v) is 4.57. The number of thiophene rings is 1. The van der Waals surface area contributed by atoms with Gasteiger partial charge in [-0.3, -0.25) is 4.79 Å². The van der Waals surface area contributed by atoms with E-state index in [0.717, 1.165) is 12.2 Å². The van der Waals surface area contributed by atoms with Crippen molar-refractivity contribution < 1.29 is 4.79 Å². The molecular formula is C10H13NOS2. The van der Waals surface area contributed by atoms with E-state index in [1.165, 1.54) is 10.4 Å². The molecule has 0 aromatic carbocycles. The fourth-order valence-corrected chi connectivity index (χ4v) is 4.02. The predicted octanol–water partition coefficient (Wildman–Crippen LogP) is 2.17. The van der Waals surface area contributed by atoms with Crippen LogP contribution in [0.15, 0.2) is 11.4 Å². The van der Waals surface area contributed by atoms with Crippen LogP contribution in [0.4, 0.5) is 0 Å². The van der Waals surface area contributed by atoms with Gasteiger partial charge in [0, 0.05) is 19.0 Å². The Balaban J connectivity index is 2.28. The summed E-state index contributed by atoms with van der Waals surface area (Å²) >= 11 is 3.54. The molecule has 2 rings (SSSR count). The molecule has 0 radical (unpaired) electrons. The second-order valence-corrected chi connectivity index (χ2v) is 5.75. The topological polar surface area (TPSA) is 20.3 Å². The Morgan fingerprint density at radius 3 is 3.07 bits per heavy atom. The Hall–Kier alpha value is -0.480. The molecule has 0 N–H and O–H groups in total. The molecule has 0 saturated heterocycles. The molecule has 0 aliphatic carbocycles. The van der Waals surface area contributed by atoms with Gasteiger partial charge in [-0.15, -0.1) is 23.1 Å². The average molecular weight is 227 g/mol. The summed E-state index contributed by atoms with van der Waals surface area (Å²) in [6.07, 6.45) is 1.12. The first-order valence-corrected chi connectivity index (χ1v) is 6.52. The second-order valence-electron chi connectivity index (χ2n) is 3.53. The van der Waals surface area contributed by atoms with Crippen molar-refractivity contribution in [3.05, 3.63) is 21.9 Å². The van der Waals surface area contributed by atoms with Gasteiger partial charge in [0.1, 0.15) is 5.25 Å². The second kappa shape index (κ2) is 3.95. The third-order valence-electron chi connectivity index (χ3n) is 2.34. The number of hydrogen-bond donors (Lipinski definition) is 0. The van der Waals surface area contributed by atoms with E-state index in [9.17, 15) is 4.79 Å². The number of carbonyl (C=O) groups excluding carboxylic acids is 1. The van der Waals surface area contributed by atoms with E-state index in [-0.39, 0.29) is 11.2 Å². The molecular weight excluding hydrogens is 214 g/mol. The Kier molecular flexibility index (Phi) is 2.83. The summed E-state index contributed by atoms with van der Waals surface area (Å²) < 4.78 is 0. The monoisotopic (exact) mass is 227 g/mol. The Labute approximate surface area is 92.3 Å². The minimum atomic E-state index is 0.0417. The van der Waals surface area contributed by atoms with Crippen LogP contribution in [0.3, 0.4) is 0 Å². The Bertz CT molecular complexity index is 346. The van der Waals surface area contributed by atoms with Gasteiger partial charge in [-0.05, 0) is 29.2 Å².